The zero-order valence-electron chi connectivity index (χ0n) is 18.5. The molecule has 1 saturated heterocycles. The van der Waals surface area contributed by atoms with Gasteiger partial charge in [0.25, 0.3) is 0 Å². The van der Waals surface area contributed by atoms with Crippen molar-refractivity contribution in [3.8, 4) is 17.0 Å². The number of piperidine rings is 1. The standard InChI is InChI=1S/C24H24F3N5O2/c1-16-12-14-32(15-13-16)22-11-10-21(30-31-22)17-2-4-18(5-3-17)28-23(33)29-19-6-8-20(9-7-19)34-24(25,26)27/h2-11,16H,12-15H2,1H3,(H2,28,29,33). The molecule has 178 valence electrons. The second-order valence-electron chi connectivity index (χ2n) is 8.17. The minimum atomic E-state index is -4.77. The predicted molar refractivity (Wildman–Crippen MR) is 124 cm³/mol. The number of nitrogens with zero attached hydrogens (tertiary/aromatic N) is 3. The van der Waals surface area contributed by atoms with Gasteiger partial charge in [0.15, 0.2) is 5.82 Å². The van der Waals surface area contributed by atoms with E-state index in [0.29, 0.717) is 11.4 Å². The summed E-state index contributed by atoms with van der Waals surface area (Å²) in [6.07, 6.45) is -2.45. The molecule has 1 aliphatic heterocycles. The third kappa shape index (κ3) is 6.37. The molecular formula is C24H24F3N5O2. The van der Waals surface area contributed by atoms with E-state index in [-0.39, 0.29) is 5.75 Å². The van der Waals surface area contributed by atoms with Crippen LogP contribution in [0.2, 0.25) is 0 Å². The van der Waals surface area contributed by atoms with Gasteiger partial charge >= 0.3 is 12.4 Å². The number of urea groups is 1. The Hall–Kier alpha value is -3.82. The summed E-state index contributed by atoms with van der Waals surface area (Å²) in [6.45, 7) is 4.24. The van der Waals surface area contributed by atoms with Crippen LogP contribution in [0, 0.1) is 5.92 Å². The number of carbonyl (C=O) groups is 1. The van der Waals surface area contributed by atoms with Crippen molar-refractivity contribution in [1.29, 1.82) is 0 Å². The molecule has 3 aromatic rings. The zero-order valence-corrected chi connectivity index (χ0v) is 18.5. The lowest BCUT2D eigenvalue weighted by Crippen LogP contribution is -2.33. The SMILES string of the molecule is CC1CCN(c2ccc(-c3ccc(NC(=O)Nc4ccc(OC(F)(F)F)cc4)cc3)nn2)CC1. The molecule has 0 atom stereocenters. The number of rotatable bonds is 5. The van der Waals surface area contributed by atoms with Gasteiger partial charge in [0, 0.05) is 30.0 Å². The molecule has 2 heterocycles. The van der Waals surface area contributed by atoms with Crippen LogP contribution in [0.25, 0.3) is 11.3 Å². The third-order valence-electron chi connectivity index (χ3n) is 5.54. The maximum absolute atomic E-state index is 12.2. The van der Waals surface area contributed by atoms with Crippen molar-refractivity contribution < 1.29 is 22.7 Å². The highest BCUT2D eigenvalue weighted by Gasteiger charge is 2.31. The number of halogens is 3. The van der Waals surface area contributed by atoms with Crippen LogP contribution >= 0.6 is 0 Å². The Morgan fingerprint density at radius 2 is 1.50 bits per heavy atom. The van der Waals surface area contributed by atoms with Crippen LogP contribution in [0.1, 0.15) is 19.8 Å². The van der Waals surface area contributed by atoms with Crippen molar-refractivity contribution >= 4 is 23.2 Å². The van der Waals surface area contributed by atoms with Crippen LogP contribution in [0.5, 0.6) is 5.75 Å². The number of amides is 2. The van der Waals surface area contributed by atoms with Gasteiger partial charge in [0.05, 0.1) is 5.69 Å². The molecule has 2 N–H and O–H groups in total. The molecule has 34 heavy (non-hydrogen) atoms. The van der Waals surface area contributed by atoms with Crippen LogP contribution in [-0.2, 0) is 0 Å². The van der Waals surface area contributed by atoms with E-state index in [1.807, 2.05) is 24.3 Å². The lowest BCUT2D eigenvalue weighted by molar-refractivity contribution is -0.274. The number of carbonyl (C=O) groups excluding carboxylic acids is 1. The van der Waals surface area contributed by atoms with Crippen molar-refractivity contribution in [2.75, 3.05) is 28.6 Å². The van der Waals surface area contributed by atoms with Gasteiger partial charge in [-0.1, -0.05) is 19.1 Å². The van der Waals surface area contributed by atoms with Crippen LogP contribution in [0.15, 0.2) is 60.7 Å². The first-order valence-electron chi connectivity index (χ1n) is 10.9. The molecular weight excluding hydrogens is 447 g/mol. The van der Waals surface area contributed by atoms with Gasteiger partial charge in [0.1, 0.15) is 5.75 Å². The first kappa shape index (κ1) is 23.3. The van der Waals surface area contributed by atoms with Crippen LogP contribution in [0.3, 0.4) is 0 Å². The highest BCUT2D eigenvalue weighted by Crippen LogP contribution is 2.25. The summed E-state index contributed by atoms with van der Waals surface area (Å²) >= 11 is 0. The Morgan fingerprint density at radius 3 is 2.03 bits per heavy atom. The minimum Gasteiger partial charge on any atom is -0.406 e. The Balaban J connectivity index is 1.31. The molecule has 2 amide bonds. The minimum absolute atomic E-state index is 0.321. The van der Waals surface area contributed by atoms with Gasteiger partial charge in [-0.25, -0.2) is 4.79 Å². The van der Waals surface area contributed by atoms with E-state index in [0.717, 1.165) is 61.1 Å². The largest absolute Gasteiger partial charge is 0.573 e. The van der Waals surface area contributed by atoms with E-state index >= 15 is 0 Å². The average Bonchev–Trinajstić information content (AvgIpc) is 2.81. The predicted octanol–water partition coefficient (Wildman–Crippen LogP) is 5.92. The lowest BCUT2D eigenvalue weighted by Gasteiger charge is -2.30. The van der Waals surface area contributed by atoms with E-state index in [1.165, 1.54) is 12.1 Å². The Bertz CT molecular complexity index is 1100. The fourth-order valence-corrected chi connectivity index (χ4v) is 3.64. The summed E-state index contributed by atoms with van der Waals surface area (Å²) in [5.41, 5.74) is 2.45. The van der Waals surface area contributed by atoms with Crippen molar-refractivity contribution in [3.05, 3.63) is 60.7 Å². The quantitative estimate of drug-likeness (QED) is 0.483. The number of anilines is 3. The number of hydrogen-bond acceptors (Lipinski definition) is 5. The van der Waals surface area contributed by atoms with Gasteiger partial charge < -0.3 is 20.3 Å². The van der Waals surface area contributed by atoms with Crippen molar-refractivity contribution in [2.45, 2.75) is 26.1 Å². The summed E-state index contributed by atoms with van der Waals surface area (Å²) in [4.78, 5) is 14.4. The lowest BCUT2D eigenvalue weighted by atomic mass is 9.99. The zero-order chi connectivity index (χ0) is 24.1. The number of hydrogen-bond donors (Lipinski definition) is 2. The van der Waals surface area contributed by atoms with E-state index in [9.17, 15) is 18.0 Å². The van der Waals surface area contributed by atoms with Gasteiger partial charge in [-0.3, -0.25) is 0 Å². The smallest absolute Gasteiger partial charge is 0.406 e. The Kier molecular flexibility index (Phi) is 6.85. The molecule has 0 saturated carbocycles. The topological polar surface area (TPSA) is 79.4 Å². The first-order chi connectivity index (χ1) is 16.2. The maximum atomic E-state index is 12.2. The van der Waals surface area contributed by atoms with Crippen LogP contribution in [0.4, 0.5) is 35.2 Å². The van der Waals surface area contributed by atoms with Crippen molar-refractivity contribution in [3.63, 3.8) is 0 Å². The number of ether oxygens (including phenoxy) is 1. The van der Waals surface area contributed by atoms with Gasteiger partial charge in [-0.2, -0.15) is 0 Å². The summed E-state index contributed by atoms with van der Waals surface area (Å²) in [5, 5.41) is 13.9. The molecule has 0 unspecified atom stereocenters. The third-order valence-corrected chi connectivity index (χ3v) is 5.54. The molecule has 4 rings (SSSR count). The summed E-state index contributed by atoms with van der Waals surface area (Å²) in [7, 11) is 0. The highest BCUT2D eigenvalue weighted by atomic mass is 19.4. The van der Waals surface area contributed by atoms with E-state index in [1.54, 1.807) is 12.1 Å². The molecule has 0 radical (unpaired) electrons. The average molecular weight is 471 g/mol. The molecule has 1 aliphatic rings. The summed E-state index contributed by atoms with van der Waals surface area (Å²) in [5.74, 6) is 1.26. The fraction of sp³-hybridized carbons (Fsp3) is 0.292. The monoisotopic (exact) mass is 471 g/mol. The second-order valence-corrected chi connectivity index (χ2v) is 8.17. The normalized spacial score (nSPS) is 14.5. The molecule has 0 aliphatic carbocycles. The summed E-state index contributed by atoms with van der Waals surface area (Å²) in [6, 6.07) is 15.4. The van der Waals surface area contributed by atoms with E-state index < -0.39 is 12.4 Å². The van der Waals surface area contributed by atoms with Gasteiger partial charge in [-0.05, 0) is 67.3 Å². The van der Waals surface area contributed by atoms with Crippen LogP contribution in [-0.4, -0.2) is 35.7 Å². The molecule has 1 fully saturated rings. The maximum Gasteiger partial charge on any atom is 0.573 e. The van der Waals surface area contributed by atoms with Crippen molar-refractivity contribution in [2.24, 2.45) is 5.92 Å². The van der Waals surface area contributed by atoms with Crippen LogP contribution < -0.4 is 20.3 Å². The molecule has 10 heteroatoms. The molecule has 0 spiro atoms. The summed E-state index contributed by atoms with van der Waals surface area (Å²) < 4.78 is 40.5. The van der Waals surface area contributed by atoms with Crippen molar-refractivity contribution in [1.82, 2.24) is 10.2 Å². The number of aromatic nitrogens is 2. The van der Waals surface area contributed by atoms with Gasteiger partial charge in [0.2, 0.25) is 0 Å². The number of nitrogens with one attached hydrogen (secondary N) is 2. The first-order valence-corrected chi connectivity index (χ1v) is 10.9. The molecule has 0 bridgehead atoms. The fourth-order valence-electron chi connectivity index (χ4n) is 3.64. The number of benzene rings is 2. The molecule has 1 aromatic heterocycles. The number of alkyl halides is 3. The molecule has 7 nitrogen and oxygen atoms in total. The highest BCUT2D eigenvalue weighted by molar-refractivity contribution is 5.99. The Labute approximate surface area is 194 Å². The second kappa shape index (κ2) is 9.98. The van der Waals surface area contributed by atoms with E-state index in [4.69, 9.17) is 0 Å². The Morgan fingerprint density at radius 1 is 0.912 bits per heavy atom. The van der Waals surface area contributed by atoms with Gasteiger partial charge in [-0.15, -0.1) is 23.4 Å². The van der Waals surface area contributed by atoms with E-state index in [2.05, 4.69) is 37.4 Å². The molecule has 2 aromatic carbocycles.